The van der Waals surface area contributed by atoms with Gasteiger partial charge in [-0.1, -0.05) is 0 Å². The number of sulfone groups is 1. The van der Waals surface area contributed by atoms with Gasteiger partial charge in [-0.05, 0) is 53.6 Å². The van der Waals surface area contributed by atoms with Gasteiger partial charge in [0.15, 0.2) is 14.6 Å². The minimum Gasteiger partial charge on any atom is -0.332 e. The summed E-state index contributed by atoms with van der Waals surface area (Å²) in [5.41, 5.74) is -0.523. The predicted octanol–water partition coefficient (Wildman–Crippen LogP) is 0.433. The van der Waals surface area contributed by atoms with Crippen LogP contribution in [-0.2, 0) is 19.4 Å². The number of nitrogens with zero attached hydrogens (tertiary/aromatic N) is 2. The van der Waals surface area contributed by atoms with Gasteiger partial charge in [-0.25, -0.2) is 8.42 Å². The van der Waals surface area contributed by atoms with E-state index in [1.807, 2.05) is 27.7 Å². The van der Waals surface area contributed by atoms with Crippen LogP contribution in [0.5, 0.6) is 0 Å². The van der Waals surface area contributed by atoms with Crippen LogP contribution in [0.3, 0.4) is 0 Å². The number of rotatable bonds is 3. The number of halogens is 1. The average Bonchev–Trinajstić information content (AvgIpc) is 2.43. The third-order valence-electron chi connectivity index (χ3n) is 5.14. The van der Waals surface area contributed by atoms with Gasteiger partial charge in [-0.3, -0.25) is 9.59 Å². The van der Waals surface area contributed by atoms with E-state index in [9.17, 15) is 18.0 Å². The Balaban J connectivity index is 0.00000312. The number of piperazine rings is 1. The molecule has 2 amide bonds. The van der Waals surface area contributed by atoms with Gasteiger partial charge < -0.3 is 15.1 Å². The molecule has 0 aromatic heterocycles. The van der Waals surface area contributed by atoms with E-state index in [2.05, 4.69) is 5.32 Å². The molecule has 2 rings (SSSR count). The topological polar surface area (TPSA) is 86.8 Å². The molecule has 0 atom stereocenters. The number of carbonyl (C=O) groups is 2. The average molecular weight is 396 g/mol. The first-order valence-electron chi connectivity index (χ1n) is 8.44. The summed E-state index contributed by atoms with van der Waals surface area (Å²) in [6.07, 6.45) is 1.64. The molecule has 146 valence electrons. The number of carbonyl (C=O) groups excluding carboxylic acids is 2. The maximum absolute atomic E-state index is 13.2. The molecule has 0 aliphatic carbocycles. The zero-order valence-electron chi connectivity index (χ0n) is 15.7. The predicted molar refractivity (Wildman–Crippen MR) is 99.6 cm³/mol. The quantitative estimate of drug-likeness (QED) is 0.748. The Kier molecular flexibility index (Phi) is 6.57. The van der Waals surface area contributed by atoms with E-state index in [-0.39, 0.29) is 43.7 Å². The summed E-state index contributed by atoms with van der Waals surface area (Å²) in [7, 11) is -3.58. The lowest BCUT2D eigenvalue weighted by atomic mass is 9.91. The monoisotopic (exact) mass is 395 g/mol. The van der Waals surface area contributed by atoms with Crippen LogP contribution in [0, 0.1) is 0 Å². The van der Waals surface area contributed by atoms with Crippen molar-refractivity contribution in [2.24, 2.45) is 0 Å². The highest BCUT2D eigenvalue weighted by molar-refractivity contribution is 7.92. The van der Waals surface area contributed by atoms with Gasteiger partial charge in [0.05, 0.1) is 12.1 Å². The number of hydrogen-bond acceptors (Lipinski definition) is 5. The highest BCUT2D eigenvalue weighted by Crippen LogP contribution is 2.33. The van der Waals surface area contributed by atoms with Crippen LogP contribution in [0.2, 0.25) is 0 Å². The summed E-state index contributed by atoms with van der Waals surface area (Å²) in [5.74, 6) is -0.552. The van der Waals surface area contributed by atoms with Crippen LogP contribution in [0.1, 0.15) is 40.5 Å². The zero-order valence-corrected chi connectivity index (χ0v) is 17.3. The molecule has 0 spiro atoms. The Labute approximate surface area is 156 Å². The largest absolute Gasteiger partial charge is 0.332 e. The molecule has 0 radical (unpaired) electrons. The number of hydrogen-bond donors (Lipinski definition) is 1. The van der Waals surface area contributed by atoms with Crippen LogP contribution in [-0.4, -0.2) is 78.8 Å². The van der Waals surface area contributed by atoms with E-state index in [1.165, 1.54) is 4.90 Å². The van der Waals surface area contributed by atoms with Crippen LogP contribution < -0.4 is 5.32 Å². The zero-order chi connectivity index (χ0) is 18.3. The van der Waals surface area contributed by atoms with Gasteiger partial charge in [0.25, 0.3) is 0 Å². The smallest absolute Gasteiger partial charge is 0.244 e. The third-order valence-corrected chi connectivity index (χ3v) is 7.14. The van der Waals surface area contributed by atoms with E-state index >= 15 is 0 Å². The van der Waals surface area contributed by atoms with Crippen LogP contribution in [0.15, 0.2) is 0 Å². The Morgan fingerprint density at radius 2 is 1.72 bits per heavy atom. The summed E-state index contributed by atoms with van der Waals surface area (Å²) in [5, 5.41) is 3.11. The highest BCUT2D eigenvalue weighted by atomic mass is 35.5. The first kappa shape index (κ1) is 22.2. The summed E-state index contributed by atoms with van der Waals surface area (Å²) >= 11 is 0. The normalized spacial score (nSPS) is 23.4. The number of nitrogens with one attached hydrogen (secondary N) is 1. The second-order valence-electron chi connectivity index (χ2n) is 7.85. The van der Waals surface area contributed by atoms with Gasteiger partial charge in [-0.2, -0.15) is 0 Å². The Bertz CT molecular complexity index is 627. The summed E-state index contributed by atoms with van der Waals surface area (Å²) in [6.45, 7) is 9.00. The molecule has 2 aliphatic rings. The van der Waals surface area contributed by atoms with Crippen LogP contribution >= 0.6 is 12.4 Å². The molecule has 0 bridgehead atoms. The van der Waals surface area contributed by atoms with E-state index in [0.717, 1.165) is 6.26 Å². The second-order valence-corrected chi connectivity index (χ2v) is 10.2. The minimum atomic E-state index is -3.58. The van der Waals surface area contributed by atoms with Gasteiger partial charge in [-0.15, -0.1) is 12.4 Å². The fraction of sp³-hybridized carbons (Fsp3) is 0.875. The van der Waals surface area contributed by atoms with Gasteiger partial charge >= 0.3 is 0 Å². The lowest BCUT2D eigenvalue weighted by molar-refractivity contribution is -0.157. The molecule has 0 saturated carbocycles. The van der Waals surface area contributed by atoms with Crippen molar-refractivity contribution >= 4 is 34.1 Å². The molecule has 0 unspecified atom stereocenters. The van der Waals surface area contributed by atoms with Crippen molar-refractivity contribution in [1.29, 1.82) is 0 Å². The van der Waals surface area contributed by atoms with Crippen molar-refractivity contribution in [2.45, 2.75) is 56.9 Å². The van der Waals surface area contributed by atoms with E-state index < -0.39 is 26.0 Å². The Hall–Kier alpha value is -0.860. The number of amides is 2. The van der Waals surface area contributed by atoms with Crippen molar-refractivity contribution in [3.63, 3.8) is 0 Å². The third kappa shape index (κ3) is 3.95. The van der Waals surface area contributed by atoms with E-state index in [0.29, 0.717) is 19.6 Å². The molecule has 1 N–H and O–H groups in total. The molecule has 2 aliphatic heterocycles. The fourth-order valence-corrected chi connectivity index (χ4v) is 5.56. The molecule has 9 heteroatoms. The molecule has 2 heterocycles. The van der Waals surface area contributed by atoms with Crippen molar-refractivity contribution in [3.05, 3.63) is 0 Å². The minimum absolute atomic E-state index is 0. The molecule has 0 aromatic rings. The van der Waals surface area contributed by atoms with Crippen molar-refractivity contribution in [1.82, 2.24) is 15.1 Å². The molecule has 7 nitrogen and oxygen atoms in total. The van der Waals surface area contributed by atoms with Crippen LogP contribution in [0.4, 0.5) is 0 Å². The summed E-state index contributed by atoms with van der Waals surface area (Å²) < 4.78 is 23.5. The lowest BCUT2D eigenvalue weighted by Gasteiger charge is -2.50. The van der Waals surface area contributed by atoms with E-state index in [4.69, 9.17) is 0 Å². The maximum atomic E-state index is 13.2. The highest BCUT2D eigenvalue weighted by Gasteiger charge is 2.53. The maximum Gasteiger partial charge on any atom is 0.244 e. The van der Waals surface area contributed by atoms with Crippen LogP contribution in [0.25, 0.3) is 0 Å². The Morgan fingerprint density at radius 1 is 1.20 bits per heavy atom. The summed E-state index contributed by atoms with van der Waals surface area (Å²) in [6, 6.07) is 0.0347. The van der Waals surface area contributed by atoms with Crippen molar-refractivity contribution in [2.75, 3.05) is 32.4 Å². The first-order valence-corrected chi connectivity index (χ1v) is 10.3. The van der Waals surface area contributed by atoms with Crippen molar-refractivity contribution in [3.8, 4) is 0 Å². The fourth-order valence-electron chi connectivity index (χ4n) is 4.17. The summed E-state index contributed by atoms with van der Waals surface area (Å²) in [4.78, 5) is 29.0. The molecule has 2 saturated heterocycles. The number of piperidine rings is 1. The molecular weight excluding hydrogens is 366 g/mol. The standard InChI is InChI=1S/C16H29N3O4S.ClH/c1-12(2)19-13(20)10-18(11-15(19,3)4)14(21)16(24(5,22)23)6-8-17-9-7-16;/h12,17H,6-11H2,1-5H3;1H. The first-order chi connectivity index (χ1) is 10.9. The van der Waals surface area contributed by atoms with Gasteiger partial charge in [0, 0.05) is 18.8 Å². The molecule has 0 aromatic carbocycles. The lowest BCUT2D eigenvalue weighted by Crippen LogP contribution is -2.68. The molecule has 2 fully saturated rings. The van der Waals surface area contributed by atoms with Gasteiger partial charge in [0.1, 0.15) is 0 Å². The van der Waals surface area contributed by atoms with Crippen molar-refractivity contribution < 1.29 is 18.0 Å². The molecule has 25 heavy (non-hydrogen) atoms. The molecular formula is C16H30ClN3O4S. The van der Waals surface area contributed by atoms with Gasteiger partial charge in [0.2, 0.25) is 11.8 Å². The Morgan fingerprint density at radius 3 is 2.12 bits per heavy atom. The SMILES string of the molecule is CC(C)N1C(=O)CN(C(=O)C2(S(C)(=O)=O)CCNCC2)CC1(C)C.Cl. The van der Waals surface area contributed by atoms with E-state index in [1.54, 1.807) is 4.90 Å². The second kappa shape index (κ2) is 7.40.